The van der Waals surface area contributed by atoms with Crippen LogP contribution >= 0.6 is 0 Å². The van der Waals surface area contributed by atoms with Gasteiger partial charge in [0.05, 0.1) is 6.42 Å². The maximum absolute atomic E-state index is 10.9. The third-order valence-electron chi connectivity index (χ3n) is 4.68. The smallest absolute Gasteiger partial charge is 0.304 e. The van der Waals surface area contributed by atoms with Gasteiger partial charge in [-0.25, -0.2) is 0 Å². The van der Waals surface area contributed by atoms with Crippen LogP contribution in [0.1, 0.15) is 49.1 Å². The van der Waals surface area contributed by atoms with Crippen molar-refractivity contribution < 1.29 is 9.90 Å². The van der Waals surface area contributed by atoms with Crippen LogP contribution in [0.3, 0.4) is 0 Å². The average molecular weight is 259 g/mol. The van der Waals surface area contributed by atoms with Crippen molar-refractivity contribution in [1.29, 1.82) is 0 Å². The van der Waals surface area contributed by atoms with Gasteiger partial charge in [-0.05, 0) is 55.8 Å². The van der Waals surface area contributed by atoms with E-state index >= 15 is 0 Å². The van der Waals surface area contributed by atoms with Crippen molar-refractivity contribution in [2.45, 2.75) is 43.4 Å². The highest BCUT2D eigenvalue weighted by atomic mass is 16.4. The van der Waals surface area contributed by atoms with Crippen LogP contribution in [-0.2, 0) is 10.2 Å². The number of piperidine rings is 1. The van der Waals surface area contributed by atoms with E-state index in [1.807, 2.05) is 0 Å². The number of carboxylic acid groups (broad SMARTS) is 1. The SMILES string of the molecule is O=C(O)CC1(c2ccc(C3CCNCC3)cc2)CC1. The minimum Gasteiger partial charge on any atom is -0.481 e. The first-order chi connectivity index (χ1) is 9.20. The molecule has 2 fully saturated rings. The Morgan fingerprint density at radius 2 is 1.84 bits per heavy atom. The normalized spacial score (nSPS) is 22.1. The van der Waals surface area contributed by atoms with E-state index in [1.54, 1.807) is 0 Å². The molecule has 0 amide bonds. The second-order valence-electron chi connectivity index (χ2n) is 6.00. The van der Waals surface area contributed by atoms with E-state index in [2.05, 4.69) is 29.6 Å². The monoisotopic (exact) mass is 259 g/mol. The standard InChI is InChI=1S/C16H21NO2/c18-15(19)11-16(7-8-16)14-3-1-12(2-4-14)13-5-9-17-10-6-13/h1-4,13,17H,5-11H2,(H,18,19). The number of hydrogen-bond acceptors (Lipinski definition) is 2. The van der Waals surface area contributed by atoms with E-state index in [4.69, 9.17) is 5.11 Å². The molecule has 0 atom stereocenters. The van der Waals surface area contributed by atoms with Crippen LogP contribution in [0.2, 0.25) is 0 Å². The highest BCUT2D eigenvalue weighted by Gasteiger charge is 2.45. The van der Waals surface area contributed by atoms with Crippen molar-refractivity contribution in [3.63, 3.8) is 0 Å². The van der Waals surface area contributed by atoms with E-state index in [1.165, 1.54) is 24.0 Å². The minimum absolute atomic E-state index is 0.0571. The molecule has 19 heavy (non-hydrogen) atoms. The third-order valence-corrected chi connectivity index (χ3v) is 4.68. The number of carbonyl (C=O) groups is 1. The summed E-state index contributed by atoms with van der Waals surface area (Å²) in [7, 11) is 0. The fourth-order valence-corrected chi connectivity index (χ4v) is 3.27. The summed E-state index contributed by atoms with van der Waals surface area (Å²) in [5.41, 5.74) is 2.57. The quantitative estimate of drug-likeness (QED) is 0.874. The molecule has 0 spiro atoms. The van der Waals surface area contributed by atoms with Crippen LogP contribution in [0, 0.1) is 0 Å². The van der Waals surface area contributed by atoms with Gasteiger partial charge in [0.2, 0.25) is 0 Å². The van der Waals surface area contributed by atoms with Crippen LogP contribution in [0.5, 0.6) is 0 Å². The zero-order valence-electron chi connectivity index (χ0n) is 11.2. The average Bonchev–Trinajstić information content (AvgIpc) is 3.20. The zero-order chi connectivity index (χ0) is 13.3. The number of rotatable bonds is 4. The lowest BCUT2D eigenvalue weighted by Gasteiger charge is -2.23. The van der Waals surface area contributed by atoms with E-state index in [0.29, 0.717) is 5.92 Å². The topological polar surface area (TPSA) is 49.3 Å². The predicted octanol–water partition coefficient (Wildman–Crippen LogP) is 2.66. The Bertz CT molecular complexity index is 456. The fourth-order valence-electron chi connectivity index (χ4n) is 3.27. The van der Waals surface area contributed by atoms with Crippen molar-refractivity contribution in [1.82, 2.24) is 5.32 Å². The molecular formula is C16H21NO2. The Balaban J connectivity index is 1.73. The molecule has 1 aliphatic heterocycles. The summed E-state index contributed by atoms with van der Waals surface area (Å²) in [6, 6.07) is 8.75. The molecule has 0 aromatic heterocycles. The van der Waals surface area contributed by atoms with Crippen molar-refractivity contribution >= 4 is 5.97 Å². The summed E-state index contributed by atoms with van der Waals surface area (Å²) < 4.78 is 0. The second-order valence-corrected chi connectivity index (χ2v) is 6.00. The summed E-state index contributed by atoms with van der Waals surface area (Å²) in [6.45, 7) is 2.21. The summed E-state index contributed by atoms with van der Waals surface area (Å²) >= 11 is 0. The summed E-state index contributed by atoms with van der Waals surface area (Å²) in [5, 5.41) is 12.4. The van der Waals surface area contributed by atoms with E-state index < -0.39 is 5.97 Å². The zero-order valence-corrected chi connectivity index (χ0v) is 11.2. The lowest BCUT2D eigenvalue weighted by atomic mass is 9.87. The van der Waals surface area contributed by atoms with Crippen molar-refractivity contribution in [2.24, 2.45) is 0 Å². The van der Waals surface area contributed by atoms with Crippen molar-refractivity contribution in [3.8, 4) is 0 Å². The Morgan fingerprint density at radius 3 is 2.37 bits per heavy atom. The predicted molar refractivity (Wildman–Crippen MR) is 74.5 cm³/mol. The number of hydrogen-bond donors (Lipinski definition) is 2. The highest BCUT2D eigenvalue weighted by Crippen LogP contribution is 2.51. The Labute approximate surface area is 114 Å². The molecule has 1 saturated carbocycles. The van der Waals surface area contributed by atoms with Gasteiger partial charge in [-0.1, -0.05) is 24.3 Å². The van der Waals surface area contributed by atoms with Gasteiger partial charge in [0.1, 0.15) is 0 Å². The second kappa shape index (κ2) is 4.97. The van der Waals surface area contributed by atoms with Crippen molar-refractivity contribution in [3.05, 3.63) is 35.4 Å². The molecule has 0 unspecified atom stereocenters. The van der Waals surface area contributed by atoms with E-state index in [0.717, 1.165) is 25.9 Å². The Hall–Kier alpha value is -1.35. The number of aliphatic carboxylic acids is 1. The molecule has 2 N–H and O–H groups in total. The van der Waals surface area contributed by atoms with Gasteiger partial charge in [-0.3, -0.25) is 4.79 Å². The highest BCUT2D eigenvalue weighted by molar-refractivity contribution is 5.70. The molecule has 0 bridgehead atoms. The molecule has 3 nitrogen and oxygen atoms in total. The van der Waals surface area contributed by atoms with Gasteiger partial charge in [0.15, 0.2) is 0 Å². The molecule has 102 valence electrons. The lowest BCUT2D eigenvalue weighted by molar-refractivity contribution is -0.137. The first-order valence-electron chi connectivity index (χ1n) is 7.23. The van der Waals surface area contributed by atoms with Gasteiger partial charge in [-0.2, -0.15) is 0 Å². The summed E-state index contributed by atoms with van der Waals surface area (Å²) in [5.74, 6) is -0.00939. The van der Waals surface area contributed by atoms with E-state index in [9.17, 15) is 4.79 Å². The molecule has 3 rings (SSSR count). The van der Waals surface area contributed by atoms with Crippen LogP contribution in [-0.4, -0.2) is 24.2 Å². The lowest BCUT2D eigenvalue weighted by Crippen LogP contribution is -2.26. The van der Waals surface area contributed by atoms with Gasteiger partial charge in [-0.15, -0.1) is 0 Å². The molecule has 1 heterocycles. The van der Waals surface area contributed by atoms with Crippen LogP contribution in [0.25, 0.3) is 0 Å². The first-order valence-corrected chi connectivity index (χ1v) is 7.23. The Morgan fingerprint density at radius 1 is 1.21 bits per heavy atom. The van der Waals surface area contributed by atoms with Gasteiger partial charge in [0, 0.05) is 5.41 Å². The number of benzene rings is 1. The number of carboxylic acids is 1. The maximum atomic E-state index is 10.9. The van der Waals surface area contributed by atoms with Crippen LogP contribution < -0.4 is 5.32 Å². The van der Waals surface area contributed by atoms with Gasteiger partial charge < -0.3 is 10.4 Å². The maximum Gasteiger partial charge on any atom is 0.304 e. The van der Waals surface area contributed by atoms with Crippen molar-refractivity contribution in [2.75, 3.05) is 13.1 Å². The molecule has 2 aliphatic rings. The minimum atomic E-state index is -0.681. The fraction of sp³-hybridized carbons (Fsp3) is 0.562. The summed E-state index contributed by atoms with van der Waals surface area (Å²) in [4.78, 5) is 10.9. The largest absolute Gasteiger partial charge is 0.481 e. The first kappa shape index (κ1) is 12.7. The molecule has 1 aromatic carbocycles. The summed E-state index contributed by atoms with van der Waals surface area (Å²) in [6.07, 6.45) is 4.73. The molecule has 1 aliphatic carbocycles. The Kier molecular flexibility index (Phi) is 3.31. The van der Waals surface area contributed by atoms with Gasteiger partial charge in [0.25, 0.3) is 0 Å². The number of nitrogens with one attached hydrogen (secondary N) is 1. The molecule has 1 saturated heterocycles. The van der Waals surface area contributed by atoms with Crippen LogP contribution in [0.4, 0.5) is 0 Å². The van der Waals surface area contributed by atoms with E-state index in [-0.39, 0.29) is 11.8 Å². The van der Waals surface area contributed by atoms with Gasteiger partial charge >= 0.3 is 5.97 Å². The third kappa shape index (κ3) is 2.66. The molecule has 3 heteroatoms. The molecular weight excluding hydrogens is 238 g/mol. The molecule has 0 radical (unpaired) electrons. The molecule has 1 aromatic rings. The van der Waals surface area contributed by atoms with Crippen LogP contribution in [0.15, 0.2) is 24.3 Å².